The number of hydrogen-bond donors (Lipinski definition) is 1. The van der Waals surface area contributed by atoms with Gasteiger partial charge in [0.2, 0.25) is 0 Å². The van der Waals surface area contributed by atoms with Gasteiger partial charge in [-0.05, 0) is 31.5 Å². The van der Waals surface area contributed by atoms with Crippen LogP contribution in [0.25, 0.3) is 0 Å². The summed E-state index contributed by atoms with van der Waals surface area (Å²) in [5, 5.41) is 10.4. The topological polar surface area (TPSA) is 29.5 Å². The molecule has 1 unspecified atom stereocenters. The van der Waals surface area contributed by atoms with Crippen LogP contribution in [0.1, 0.15) is 19.4 Å². The van der Waals surface area contributed by atoms with Crippen molar-refractivity contribution in [1.82, 2.24) is 0 Å². The van der Waals surface area contributed by atoms with Crippen molar-refractivity contribution >= 4 is 11.6 Å². The Morgan fingerprint density at radius 2 is 1.87 bits per heavy atom. The summed E-state index contributed by atoms with van der Waals surface area (Å²) in [6.45, 7) is 4.28. The van der Waals surface area contributed by atoms with Gasteiger partial charge in [0.25, 0.3) is 0 Å². The van der Waals surface area contributed by atoms with E-state index in [4.69, 9.17) is 16.3 Å². The molecule has 0 amide bonds. The van der Waals surface area contributed by atoms with Gasteiger partial charge in [-0.25, -0.2) is 0 Å². The van der Waals surface area contributed by atoms with Gasteiger partial charge in [0.1, 0.15) is 0 Å². The van der Waals surface area contributed by atoms with Gasteiger partial charge < -0.3 is 9.84 Å². The average molecular weight is 229 g/mol. The van der Waals surface area contributed by atoms with Crippen molar-refractivity contribution in [2.24, 2.45) is 0 Å². The van der Waals surface area contributed by atoms with E-state index in [1.54, 1.807) is 0 Å². The van der Waals surface area contributed by atoms with Crippen LogP contribution >= 0.6 is 11.6 Å². The molecule has 84 valence electrons. The van der Waals surface area contributed by atoms with E-state index >= 15 is 0 Å². The SMILES string of the molecule is CC(C)OCC(O)Cc1ccc(Cl)cc1. The number of aliphatic hydroxyl groups is 1. The van der Waals surface area contributed by atoms with Crippen molar-refractivity contribution in [2.45, 2.75) is 32.5 Å². The van der Waals surface area contributed by atoms with E-state index in [2.05, 4.69) is 0 Å². The van der Waals surface area contributed by atoms with Crippen molar-refractivity contribution in [2.75, 3.05) is 6.61 Å². The molecule has 0 radical (unpaired) electrons. The molecule has 3 heteroatoms. The van der Waals surface area contributed by atoms with Gasteiger partial charge in [-0.1, -0.05) is 23.7 Å². The Morgan fingerprint density at radius 3 is 2.40 bits per heavy atom. The predicted octanol–water partition coefficient (Wildman–Crippen LogP) is 2.67. The van der Waals surface area contributed by atoms with Crippen LogP contribution in [0, 0.1) is 0 Å². The minimum atomic E-state index is -0.450. The first kappa shape index (κ1) is 12.5. The van der Waals surface area contributed by atoms with E-state index in [1.165, 1.54) is 0 Å². The first-order chi connectivity index (χ1) is 7.08. The van der Waals surface area contributed by atoms with Crippen LogP contribution in [0.4, 0.5) is 0 Å². The van der Waals surface area contributed by atoms with Crippen LogP contribution in [0.15, 0.2) is 24.3 Å². The Hall–Kier alpha value is -0.570. The maximum atomic E-state index is 9.66. The Morgan fingerprint density at radius 1 is 1.27 bits per heavy atom. The van der Waals surface area contributed by atoms with Crippen LogP contribution in [-0.2, 0) is 11.2 Å². The molecule has 0 saturated heterocycles. The molecule has 0 aliphatic rings. The summed E-state index contributed by atoms with van der Waals surface area (Å²) in [6.07, 6.45) is 0.308. The molecule has 2 nitrogen and oxygen atoms in total. The molecule has 0 bridgehead atoms. The molecule has 0 spiro atoms. The fraction of sp³-hybridized carbons (Fsp3) is 0.500. The molecule has 0 saturated carbocycles. The maximum absolute atomic E-state index is 9.66. The maximum Gasteiger partial charge on any atom is 0.0814 e. The van der Waals surface area contributed by atoms with Gasteiger partial charge in [0.05, 0.1) is 18.8 Å². The molecule has 0 fully saturated rings. The van der Waals surface area contributed by atoms with E-state index in [-0.39, 0.29) is 6.10 Å². The average Bonchev–Trinajstić information content (AvgIpc) is 2.19. The Balaban J connectivity index is 2.37. The lowest BCUT2D eigenvalue weighted by Crippen LogP contribution is -2.20. The zero-order valence-electron chi connectivity index (χ0n) is 9.11. The van der Waals surface area contributed by atoms with Crippen LogP contribution in [0.2, 0.25) is 5.02 Å². The van der Waals surface area contributed by atoms with Gasteiger partial charge in [-0.3, -0.25) is 0 Å². The predicted molar refractivity (Wildman–Crippen MR) is 62.3 cm³/mol. The lowest BCUT2D eigenvalue weighted by atomic mass is 10.1. The van der Waals surface area contributed by atoms with E-state index in [9.17, 15) is 5.11 Å². The monoisotopic (exact) mass is 228 g/mol. The molecule has 0 aliphatic heterocycles. The Kier molecular flexibility index (Phi) is 5.09. The summed E-state index contributed by atoms with van der Waals surface area (Å²) in [5.74, 6) is 0. The number of benzene rings is 1. The molecule has 1 aromatic rings. The van der Waals surface area contributed by atoms with E-state index in [0.29, 0.717) is 18.1 Å². The molecule has 15 heavy (non-hydrogen) atoms. The smallest absolute Gasteiger partial charge is 0.0814 e. The van der Waals surface area contributed by atoms with Crippen LogP contribution in [0.5, 0.6) is 0 Å². The van der Waals surface area contributed by atoms with Crippen LogP contribution < -0.4 is 0 Å². The second-order valence-corrected chi connectivity index (χ2v) is 4.30. The third kappa shape index (κ3) is 5.17. The quantitative estimate of drug-likeness (QED) is 0.840. The number of rotatable bonds is 5. The zero-order valence-corrected chi connectivity index (χ0v) is 9.87. The van der Waals surface area contributed by atoms with Crippen molar-refractivity contribution in [1.29, 1.82) is 0 Å². The van der Waals surface area contributed by atoms with Crippen molar-refractivity contribution in [3.05, 3.63) is 34.9 Å². The standard InChI is InChI=1S/C12H17ClO2/c1-9(2)15-8-12(14)7-10-3-5-11(13)6-4-10/h3-6,9,12,14H,7-8H2,1-2H3. The molecule has 0 aliphatic carbocycles. The third-order valence-electron chi connectivity index (χ3n) is 2.01. The fourth-order valence-corrected chi connectivity index (χ4v) is 1.38. The van der Waals surface area contributed by atoms with E-state index in [1.807, 2.05) is 38.1 Å². The summed E-state index contributed by atoms with van der Waals surface area (Å²) < 4.78 is 5.32. The largest absolute Gasteiger partial charge is 0.390 e. The first-order valence-electron chi connectivity index (χ1n) is 5.12. The molecule has 1 rings (SSSR count). The number of ether oxygens (including phenoxy) is 1. The Labute approximate surface area is 95.8 Å². The summed E-state index contributed by atoms with van der Waals surface area (Å²) in [7, 11) is 0. The van der Waals surface area contributed by atoms with Crippen LogP contribution in [-0.4, -0.2) is 23.9 Å². The van der Waals surface area contributed by atoms with Gasteiger partial charge in [-0.2, -0.15) is 0 Å². The molecular formula is C12H17ClO2. The molecule has 1 atom stereocenters. The van der Waals surface area contributed by atoms with Crippen LogP contribution in [0.3, 0.4) is 0 Å². The summed E-state index contributed by atoms with van der Waals surface area (Å²) >= 11 is 5.76. The highest BCUT2D eigenvalue weighted by molar-refractivity contribution is 6.30. The summed E-state index contributed by atoms with van der Waals surface area (Å²) in [6, 6.07) is 7.49. The Bertz CT molecular complexity index is 282. The summed E-state index contributed by atoms with van der Waals surface area (Å²) in [4.78, 5) is 0. The molecule has 0 aromatic heterocycles. The fourth-order valence-electron chi connectivity index (χ4n) is 1.26. The number of halogens is 1. The lowest BCUT2D eigenvalue weighted by molar-refractivity contribution is 0.00621. The first-order valence-corrected chi connectivity index (χ1v) is 5.50. The number of hydrogen-bond acceptors (Lipinski definition) is 2. The molecule has 1 N–H and O–H groups in total. The minimum absolute atomic E-state index is 0.157. The highest BCUT2D eigenvalue weighted by Gasteiger charge is 2.06. The van der Waals surface area contributed by atoms with E-state index in [0.717, 1.165) is 5.56 Å². The lowest BCUT2D eigenvalue weighted by Gasteiger charge is -2.13. The number of aliphatic hydroxyl groups excluding tert-OH is 1. The van der Waals surface area contributed by atoms with Gasteiger partial charge in [0, 0.05) is 11.4 Å². The second kappa shape index (κ2) is 6.11. The van der Waals surface area contributed by atoms with Gasteiger partial charge in [-0.15, -0.1) is 0 Å². The normalized spacial score (nSPS) is 13.1. The highest BCUT2D eigenvalue weighted by Crippen LogP contribution is 2.11. The summed E-state index contributed by atoms with van der Waals surface area (Å²) in [5.41, 5.74) is 1.07. The molecular weight excluding hydrogens is 212 g/mol. The van der Waals surface area contributed by atoms with Crippen molar-refractivity contribution < 1.29 is 9.84 Å². The molecule has 0 heterocycles. The molecule has 1 aromatic carbocycles. The zero-order chi connectivity index (χ0) is 11.3. The van der Waals surface area contributed by atoms with E-state index < -0.39 is 6.10 Å². The van der Waals surface area contributed by atoms with Gasteiger partial charge in [0.15, 0.2) is 0 Å². The van der Waals surface area contributed by atoms with Gasteiger partial charge >= 0.3 is 0 Å². The highest BCUT2D eigenvalue weighted by atomic mass is 35.5. The minimum Gasteiger partial charge on any atom is -0.390 e. The second-order valence-electron chi connectivity index (χ2n) is 3.87. The van der Waals surface area contributed by atoms with Crippen molar-refractivity contribution in [3.63, 3.8) is 0 Å². The van der Waals surface area contributed by atoms with Crippen molar-refractivity contribution in [3.8, 4) is 0 Å². The third-order valence-corrected chi connectivity index (χ3v) is 2.26.